The fraction of sp³-hybridized carbons (Fsp3) is 0.333. The number of halogens is 2. The fourth-order valence-electron chi connectivity index (χ4n) is 1.65. The molecule has 2 rings (SSSR count). The van der Waals surface area contributed by atoms with Gasteiger partial charge in [-0.1, -0.05) is 15.9 Å². The van der Waals surface area contributed by atoms with Crippen LogP contribution in [0.25, 0.3) is 0 Å². The number of fused-ring (bicyclic) bond motifs is 1. The van der Waals surface area contributed by atoms with Crippen LogP contribution in [-0.2, 0) is 6.42 Å². The van der Waals surface area contributed by atoms with Crippen molar-refractivity contribution in [1.29, 1.82) is 0 Å². The summed E-state index contributed by atoms with van der Waals surface area (Å²) in [6, 6.07) is 2.89. The Balaban J connectivity index is 2.60. The number of rotatable bonds is 0. The van der Waals surface area contributed by atoms with Crippen LogP contribution in [0.3, 0.4) is 0 Å². The van der Waals surface area contributed by atoms with Gasteiger partial charge in [0.15, 0.2) is 0 Å². The summed E-state index contributed by atoms with van der Waals surface area (Å²) >= 11 is 3.24. The topological polar surface area (TPSA) is 20.2 Å². The van der Waals surface area contributed by atoms with Crippen molar-refractivity contribution in [3.05, 3.63) is 33.5 Å². The Bertz CT molecular complexity index is 325. The van der Waals surface area contributed by atoms with Gasteiger partial charge in [-0.05, 0) is 36.1 Å². The minimum atomic E-state index is -0.421. The molecule has 12 heavy (non-hydrogen) atoms. The molecule has 1 N–H and O–H groups in total. The zero-order chi connectivity index (χ0) is 8.72. The first-order valence-corrected chi connectivity index (χ1v) is 4.63. The smallest absolute Gasteiger partial charge is 0.124 e. The van der Waals surface area contributed by atoms with E-state index in [0.29, 0.717) is 10.9 Å². The normalized spacial score (nSPS) is 21.1. The van der Waals surface area contributed by atoms with E-state index in [4.69, 9.17) is 0 Å². The number of aliphatic hydroxyl groups excluding tert-OH is 1. The van der Waals surface area contributed by atoms with Gasteiger partial charge >= 0.3 is 0 Å². The van der Waals surface area contributed by atoms with Crippen LogP contribution in [0.4, 0.5) is 4.39 Å². The van der Waals surface area contributed by atoms with Gasteiger partial charge in [0.05, 0.1) is 6.10 Å². The Labute approximate surface area is 78.3 Å². The first-order valence-electron chi connectivity index (χ1n) is 3.84. The molecule has 1 nitrogen and oxygen atoms in total. The van der Waals surface area contributed by atoms with E-state index < -0.39 is 6.10 Å². The highest BCUT2D eigenvalue weighted by atomic mass is 79.9. The second-order valence-corrected chi connectivity index (χ2v) is 3.87. The van der Waals surface area contributed by atoms with E-state index in [-0.39, 0.29) is 5.82 Å². The summed E-state index contributed by atoms with van der Waals surface area (Å²) < 4.78 is 13.5. The quantitative estimate of drug-likeness (QED) is 0.727. The lowest BCUT2D eigenvalue weighted by molar-refractivity contribution is 0.179. The molecule has 0 saturated heterocycles. The van der Waals surface area contributed by atoms with E-state index in [9.17, 15) is 9.50 Å². The highest BCUT2D eigenvalue weighted by Crippen LogP contribution is 2.36. The molecule has 0 heterocycles. The minimum absolute atomic E-state index is 0.241. The van der Waals surface area contributed by atoms with Gasteiger partial charge in [0, 0.05) is 4.47 Å². The highest BCUT2D eigenvalue weighted by molar-refractivity contribution is 9.10. The van der Waals surface area contributed by atoms with Gasteiger partial charge in [0.2, 0.25) is 0 Å². The van der Waals surface area contributed by atoms with Crippen LogP contribution in [0.5, 0.6) is 0 Å². The van der Waals surface area contributed by atoms with Crippen molar-refractivity contribution in [2.75, 3.05) is 0 Å². The molecule has 0 radical (unpaired) electrons. The SMILES string of the molecule is OC1CCc2cc(F)cc(Br)c21. The van der Waals surface area contributed by atoms with Crippen LogP contribution in [-0.4, -0.2) is 5.11 Å². The molecule has 1 aromatic carbocycles. The fourth-order valence-corrected chi connectivity index (χ4v) is 2.39. The number of benzene rings is 1. The van der Waals surface area contributed by atoms with E-state index in [1.54, 1.807) is 0 Å². The molecule has 1 aromatic rings. The van der Waals surface area contributed by atoms with E-state index in [2.05, 4.69) is 15.9 Å². The van der Waals surface area contributed by atoms with Gasteiger partial charge < -0.3 is 5.11 Å². The molecule has 0 amide bonds. The molecule has 0 saturated carbocycles. The van der Waals surface area contributed by atoms with Gasteiger partial charge in [-0.3, -0.25) is 0 Å². The Kier molecular flexibility index (Phi) is 1.93. The average molecular weight is 231 g/mol. The van der Waals surface area contributed by atoms with Crippen molar-refractivity contribution < 1.29 is 9.50 Å². The summed E-state index contributed by atoms with van der Waals surface area (Å²) in [6.45, 7) is 0. The molecular formula is C9H8BrFO. The first kappa shape index (κ1) is 8.20. The third-order valence-corrected chi connectivity index (χ3v) is 2.86. The molecule has 3 heteroatoms. The standard InChI is InChI=1S/C9H8BrFO/c10-7-4-6(11)3-5-1-2-8(12)9(5)7/h3-4,8,12H,1-2H2. The molecule has 1 aliphatic carbocycles. The second kappa shape index (κ2) is 2.82. The molecule has 0 aromatic heterocycles. The maximum absolute atomic E-state index is 12.8. The third-order valence-electron chi connectivity index (χ3n) is 2.20. The predicted molar refractivity (Wildman–Crippen MR) is 47.4 cm³/mol. The predicted octanol–water partition coefficient (Wildman–Crippen LogP) is 2.57. The minimum Gasteiger partial charge on any atom is -0.388 e. The molecule has 0 aliphatic heterocycles. The summed E-state index contributed by atoms with van der Waals surface area (Å²) in [5.74, 6) is -0.241. The first-order chi connectivity index (χ1) is 5.68. The number of hydrogen-bond donors (Lipinski definition) is 1. The number of aliphatic hydroxyl groups is 1. The largest absolute Gasteiger partial charge is 0.388 e. The Morgan fingerprint density at radius 3 is 3.00 bits per heavy atom. The molecule has 0 spiro atoms. The maximum Gasteiger partial charge on any atom is 0.124 e. The van der Waals surface area contributed by atoms with Crippen molar-refractivity contribution >= 4 is 15.9 Å². The zero-order valence-corrected chi connectivity index (χ0v) is 7.94. The van der Waals surface area contributed by atoms with Crippen molar-refractivity contribution in [3.8, 4) is 0 Å². The maximum atomic E-state index is 12.8. The zero-order valence-electron chi connectivity index (χ0n) is 6.35. The lowest BCUT2D eigenvalue weighted by Gasteiger charge is -2.06. The van der Waals surface area contributed by atoms with Crippen LogP contribution in [0, 0.1) is 5.82 Å². The molecular weight excluding hydrogens is 223 g/mol. The van der Waals surface area contributed by atoms with Crippen LogP contribution >= 0.6 is 15.9 Å². The Morgan fingerprint density at radius 1 is 1.50 bits per heavy atom. The highest BCUT2D eigenvalue weighted by Gasteiger charge is 2.23. The van der Waals surface area contributed by atoms with E-state index >= 15 is 0 Å². The van der Waals surface area contributed by atoms with E-state index in [0.717, 1.165) is 17.5 Å². The van der Waals surface area contributed by atoms with Crippen LogP contribution in [0.2, 0.25) is 0 Å². The lowest BCUT2D eigenvalue weighted by atomic mass is 10.1. The van der Waals surface area contributed by atoms with Gasteiger partial charge in [0.25, 0.3) is 0 Å². The molecule has 1 unspecified atom stereocenters. The molecule has 64 valence electrons. The summed E-state index contributed by atoms with van der Waals surface area (Å²) in [4.78, 5) is 0. The Hall–Kier alpha value is -0.410. The molecule has 0 bridgehead atoms. The van der Waals surface area contributed by atoms with Crippen molar-refractivity contribution in [2.45, 2.75) is 18.9 Å². The molecule has 0 fully saturated rings. The van der Waals surface area contributed by atoms with Gasteiger partial charge in [-0.15, -0.1) is 0 Å². The van der Waals surface area contributed by atoms with Crippen molar-refractivity contribution in [2.24, 2.45) is 0 Å². The van der Waals surface area contributed by atoms with Gasteiger partial charge in [-0.25, -0.2) is 4.39 Å². The van der Waals surface area contributed by atoms with Crippen LogP contribution < -0.4 is 0 Å². The second-order valence-electron chi connectivity index (χ2n) is 3.01. The van der Waals surface area contributed by atoms with Crippen LogP contribution in [0.1, 0.15) is 23.7 Å². The van der Waals surface area contributed by atoms with Crippen molar-refractivity contribution in [1.82, 2.24) is 0 Å². The van der Waals surface area contributed by atoms with Gasteiger partial charge in [-0.2, -0.15) is 0 Å². The summed E-state index contributed by atoms with van der Waals surface area (Å²) in [5.41, 5.74) is 1.78. The average Bonchev–Trinajstić information content (AvgIpc) is 2.31. The molecule has 1 aliphatic rings. The number of aryl methyl sites for hydroxylation is 1. The monoisotopic (exact) mass is 230 g/mol. The number of hydrogen-bond acceptors (Lipinski definition) is 1. The summed E-state index contributed by atoms with van der Waals surface area (Å²) in [5, 5.41) is 9.50. The summed E-state index contributed by atoms with van der Waals surface area (Å²) in [6.07, 6.45) is 1.06. The van der Waals surface area contributed by atoms with E-state index in [1.165, 1.54) is 12.1 Å². The van der Waals surface area contributed by atoms with Crippen molar-refractivity contribution in [3.63, 3.8) is 0 Å². The third kappa shape index (κ3) is 1.17. The van der Waals surface area contributed by atoms with E-state index in [1.807, 2.05) is 0 Å². The summed E-state index contributed by atoms with van der Waals surface area (Å²) in [7, 11) is 0. The van der Waals surface area contributed by atoms with Crippen LogP contribution in [0.15, 0.2) is 16.6 Å². The Morgan fingerprint density at radius 2 is 2.25 bits per heavy atom. The lowest BCUT2D eigenvalue weighted by Crippen LogP contribution is -1.92. The molecule has 1 atom stereocenters. The van der Waals surface area contributed by atoms with Gasteiger partial charge in [0.1, 0.15) is 5.82 Å².